The Morgan fingerprint density at radius 2 is 1.82 bits per heavy atom. The number of piperidine rings is 1. The number of nitrogens with zero attached hydrogens (tertiary/aromatic N) is 1. The minimum atomic E-state index is -0.209. The van der Waals surface area contributed by atoms with Crippen molar-refractivity contribution in [1.29, 1.82) is 0 Å². The number of carbonyl (C=O) groups is 2. The van der Waals surface area contributed by atoms with Gasteiger partial charge in [-0.1, -0.05) is 13.8 Å². The molecule has 0 spiro atoms. The summed E-state index contributed by atoms with van der Waals surface area (Å²) in [4.78, 5) is 25.6. The predicted octanol–water partition coefficient (Wildman–Crippen LogP) is 0.148. The van der Waals surface area contributed by atoms with Gasteiger partial charge in [0.1, 0.15) is 0 Å². The van der Waals surface area contributed by atoms with Crippen LogP contribution in [0.3, 0.4) is 0 Å². The number of amides is 2. The SMILES string of the molecule is CO[C@H]1CNCC1N1C(=O)CC(C)(C)CC1=O. The number of hydrogen-bond donors (Lipinski definition) is 1. The van der Waals surface area contributed by atoms with Crippen molar-refractivity contribution in [3.63, 3.8) is 0 Å². The standard InChI is InChI=1S/C12H20N2O3/c1-12(2)4-10(15)14(11(16)5-12)8-6-13-7-9(8)17-3/h8-9,13H,4-7H2,1-3H3/t8?,9-/m0/s1. The molecule has 1 unspecified atom stereocenters. The molecule has 5 heteroatoms. The molecule has 2 aliphatic rings. The molecule has 2 saturated heterocycles. The molecule has 0 aromatic rings. The molecule has 0 aromatic carbocycles. The smallest absolute Gasteiger partial charge is 0.230 e. The van der Waals surface area contributed by atoms with Crippen LogP contribution in [0.1, 0.15) is 26.7 Å². The molecular formula is C12H20N2O3. The molecule has 0 bridgehead atoms. The van der Waals surface area contributed by atoms with Crippen molar-refractivity contribution in [1.82, 2.24) is 10.2 Å². The third-order valence-corrected chi connectivity index (χ3v) is 3.56. The molecule has 96 valence electrons. The molecule has 0 saturated carbocycles. The minimum Gasteiger partial charge on any atom is -0.378 e. The van der Waals surface area contributed by atoms with E-state index in [0.29, 0.717) is 25.9 Å². The Bertz CT molecular complexity index is 321. The minimum absolute atomic E-state index is 0.0676. The third kappa shape index (κ3) is 2.35. The van der Waals surface area contributed by atoms with Gasteiger partial charge in [0.25, 0.3) is 0 Å². The van der Waals surface area contributed by atoms with E-state index in [2.05, 4.69) is 5.32 Å². The first kappa shape index (κ1) is 12.5. The number of hydrogen-bond acceptors (Lipinski definition) is 4. The fraction of sp³-hybridized carbons (Fsp3) is 0.833. The molecule has 2 rings (SSSR count). The lowest BCUT2D eigenvalue weighted by atomic mass is 9.81. The van der Waals surface area contributed by atoms with Gasteiger partial charge in [0.2, 0.25) is 11.8 Å². The quantitative estimate of drug-likeness (QED) is 0.698. The number of nitrogens with one attached hydrogen (secondary N) is 1. The van der Waals surface area contributed by atoms with Gasteiger partial charge in [-0.2, -0.15) is 0 Å². The number of ether oxygens (including phenoxy) is 1. The average molecular weight is 240 g/mol. The topological polar surface area (TPSA) is 58.6 Å². The molecular weight excluding hydrogens is 220 g/mol. The second kappa shape index (κ2) is 4.38. The van der Waals surface area contributed by atoms with Crippen LogP contribution in [-0.2, 0) is 14.3 Å². The Balaban J connectivity index is 2.16. The van der Waals surface area contributed by atoms with E-state index in [0.717, 1.165) is 0 Å². The van der Waals surface area contributed by atoms with E-state index in [9.17, 15) is 9.59 Å². The second-order valence-corrected chi connectivity index (χ2v) is 5.67. The summed E-state index contributed by atoms with van der Waals surface area (Å²) in [5, 5.41) is 3.16. The number of carbonyl (C=O) groups excluding carboxylic acids is 2. The zero-order valence-electron chi connectivity index (χ0n) is 10.7. The van der Waals surface area contributed by atoms with E-state index < -0.39 is 0 Å². The molecule has 0 radical (unpaired) electrons. The van der Waals surface area contributed by atoms with Crippen LogP contribution in [-0.4, -0.2) is 49.1 Å². The Hall–Kier alpha value is -0.940. The summed E-state index contributed by atoms with van der Waals surface area (Å²) in [5.41, 5.74) is -0.209. The third-order valence-electron chi connectivity index (χ3n) is 3.56. The van der Waals surface area contributed by atoms with Crippen LogP contribution in [0.2, 0.25) is 0 Å². The molecule has 2 heterocycles. The molecule has 17 heavy (non-hydrogen) atoms. The highest BCUT2D eigenvalue weighted by Crippen LogP contribution is 2.33. The summed E-state index contributed by atoms with van der Waals surface area (Å²) in [6.45, 7) is 5.25. The molecule has 1 N–H and O–H groups in total. The fourth-order valence-electron chi connectivity index (χ4n) is 2.70. The van der Waals surface area contributed by atoms with Crippen LogP contribution in [0.4, 0.5) is 0 Å². The van der Waals surface area contributed by atoms with Crippen molar-refractivity contribution in [3.05, 3.63) is 0 Å². The van der Waals surface area contributed by atoms with Crippen molar-refractivity contribution in [2.24, 2.45) is 5.41 Å². The molecule has 5 nitrogen and oxygen atoms in total. The lowest BCUT2D eigenvalue weighted by Crippen LogP contribution is -2.55. The van der Waals surface area contributed by atoms with Crippen LogP contribution < -0.4 is 5.32 Å². The first-order valence-corrected chi connectivity index (χ1v) is 6.03. The van der Waals surface area contributed by atoms with Gasteiger partial charge in [0, 0.05) is 33.0 Å². The molecule has 2 amide bonds. The lowest BCUT2D eigenvalue weighted by molar-refractivity contribution is -0.157. The van der Waals surface area contributed by atoms with Crippen molar-refractivity contribution in [2.45, 2.75) is 38.8 Å². The molecule has 2 aliphatic heterocycles. The van der Waals surface area contributed by atoms with Crippen molar-refractivity contribution >= 4 is 11.8 Å². The van der Waals surface area contributed by atoms with Crippen LogP contribution in [0.15, 0.2) is 0 Å². The van der Waals surface area contributed by atoms with E-state index in [-0.39, 0.29) is 29.4 Å². The van der Waals surface area contributed by atoms with Crippen molar-refractivity contribution < 1.29 is 14.3 Å². The Labute approximate surface area is 101 Å². The van der Waals surface area contributed by atoms with Gasteiger partial charge in [-0.05, 0) is 5.41 Å². The normalized spacial score (nSPS) is 33.2. The molecule has 2 fully saturated rings. The predicted molar refractivity (Wildman–Crippen MR) is 62.3 cm³/mol. The Kier molecular flexibility index (Phi) is 3.23. The highest BCUT2D eigenvalue weighted by molar-refractivity contribution is 5.99. The van der Waals surface area contributed by atoms with Gasteiger partial charge < -0.3 is 10.1 Å². The zero-order valence-corrected chi connectivity index (χ0v) is 10.7. The van der Waals surface area contributed by atoms with E-state index in [1.807, 2.05) is 13.8 Å². The van der Waals surface area contributed by atoms with Crippen LogP contribution in [0.25, 0.3) is 0 Å². The largest absolute Gasteiger partial charge is 0.378 e. The van der Waals surface area contributed by atoms with Crippen molar-refractivity contribution in [3.8, 4) is 0 Å². The van der Waals surface area contributed by atoms with Gasteiger partial charge in [0.05, 0.1) is 12.1 Å². The Morgan fingerprint density at radius 1 is 1.24 bits per heavy atom. The average Bonchev–Trinajstić information content (AvgIpc) is 2.62. The van der Waals surface area contributed by atoms with Crippen LogP contribution >= 0.6 is 0 Å². The van der Waals surface area contributed by atoms with Gasteiger partial charge in [-0.25, -0.2) is 0 Å². The first-order chi connectivity index (χ1) is 7.94. The monoisotopic (exact) mass is 240 g/mol. The second-order valence-electron chi connectivity index (χ2n) is 5.67. The van der Waals surface area contributed by atoms with E-state index in [1.165, 1.54) is 4.90 Å². The maximum atomic E-state index is 12.1. The van der Waals surface area contributed by atoms with Gasteiger partial charge >= 0.3 is 0 Å². The van der Waals surface area contributed by atoms with Gasteiger partial charge in [0.15, 0.2) is 0 Å². The number of imide groups is 1. The summed E-state index contributed by atoms with van der Waals surface area (Å²) in [6.07, 6.45) is 0.793. The summed E-state index contributed by atoms with van der Waals surface area (Å²) in [7, 11) is 1.62. The maximum absolute atomic E-state index is 12.1. The molecule has 0 aromatic heterocycles. The maximum Gasteiger partial charge on any atom is 0.230 e. The Morgan fingerprint density at radius 3 is 2.35 bits per heavy atom. The fourth-order valence-corrected chi connectivity index (χ4v) is 2.70. The number of rotatable bonds is 2. The zero-order chi connectivity index (χ0) is 12.6. The van der Waals surface area contributed by atoms with Crippen LogP contribution in [0.5, 0.6) is 0 Å². The first-order valence-electron chi connectivity index (χ1n) is 6.03. The van der Waals surface area contributed by atoms with Crippen LogP contribution in [0, 0.1) is 5.41 Å². The van der Waals surface area contributed by atoms with Crippen molar-refractivity contribution in [2.75, 3.05) is 20.2 Å². The number of likely N-dealkylation sites (tertiary alicyclic amines) is 1. The summed E-state index contributed by atoms with van der Waals surface area (Å²) >= 11 is 0. The van der Waals surface area contributed by atoms with E-state index in [1.54, 1.807) is 7.11 Å². The summed E-state index contributed by atoms with van der Waals surface area (Å²) in [5.74, 6) is -0.135. The summed E-state index contributed by atoms with van der Waals surface area (Å²) in [6, 6.07) is -0.143. The lowest BCUT2D eigenvalue weighted by Gasteiger charge is -2.38. The van der Waals surface area contributed by atoms with E-state index in [4.69, 9.17) is 4.74 Å². The number of methoxy groups -OCH3 is 1. The van der Waals surface area contributed by atoms with Gasteiger partial charge in [-0.15, -0.1) is 0 Å². The highest BCUT2D eigenvalue weighted by Gasteiger charge is 2.44. The molecule has 0 aliphatic carbocycles. The highest BCUT2D eigenvalue weighted by atomic mass is 16.5. The van der Waals surface area contributed by atoms with Gasteiger partial charge in [-0.3, -0.25) is 14.5 Å². The summed E-state index contributed by atoms with van der Waals surface area (Å²) < 4.78 is 5.32. The molecule has 2 atom stereocenters. The van der Waals surface area contributed by atoms with E-state index >= 15 is 0 Å².